The molecular weight excluding hydrogens is 623 g/mol. The quantitative estimate of drug-likeness (QED) is 0.127. The second kappa shape index (κ2) is 14.7. The van der Waals surface area contributed by atoms with Crippen LogP contribution in [-0.4, -0.2) is 37.3 Å². The second-order valence-electron chi connectivity index (χ2n) is 11.8. The molecule has 1 aliphatic rings. The lowest BCUT2D eigenvalue weighted by Gasteiger charge is -2.25. The third-order valence-corrected chi connectivity index (χ3v) is 10.3. The summed E-state index contributed by atoms with van der Waals surface area (Å²) < 4.78 is 55.8. The normalized spacial score (nSPS) is 19.5. The number of hydrogen-bond acceptors (Lipinski definition) is 6. The molecule has 1 fully saturated rings. The Morgan fingerprint density at radius 1 is 0.583 bits per heavy atom. The number of aromatic nitrogens is 1. The maximum atomic E-state index is 14.0. The van der Waals surface area contributed by atoms with E-state index in [9.17, 15) is 8.42 Å². The van der Waals surface area contributed by atoms with Crippen LogP contribution in [0.2, 0.25) is 0 Å². The van der Waals surface area contributed by atoms with Crippen molar-refractivity contribution in [3.8, 4) is 0 Å². The molecule has 8 heteroatoms. The van der Waals surface area contributed by atoms with Crippen LogP contribution in [0.25, 0.3) is 10.9 Å². The van der Waals surface area contributed by atoms with Gasteiger partial charge in [-0.25, -0.2) is 12.4 Å². The summed E-state index contributed by atoms with van der Waals surface area (Å²) >= 11 is 0. The van der Waals surface area contributed by atoms with Gasteiger partial charge in [-0.2, -0.15) is 0 Å². The number of nitrogens with zero attached hydrogens (tertiary/aromatic N) is 1. The highest BCUT2D eigenvalue weighted by Gasteiger charge is 2.48. The fourth-order valence-electron chi connectivity index (χ4n) is 6.20. The van der Waals surface area contributed by atoms with Crippen LogP contribution in [0.4, 0.5) is 0 Å². The van der Waals surface area contributed by atoms with Crippen molar-refractivity contribution in [1.82, 2.24) is 3.97 Å². The molecule has 1 aliphatic heterocycles. The molecular formula is C40H37NO6S. The second-order valence-corrected chi connectivity index (χ2v) is 13.6. The van der Waals surface area contributed by atoms with Crippen LogP contribution < -0.4 is 0 Å². The predicted octanol–water partition coefficient (Wildman–Crippen LogP) is 7.71. The first-order valence-electron chi connectivity index (χ1n) is 16.1. The van der Waals surface area contributed by atoms with Gasteiger partial charge in [-0.15, -0.1) is 0 Å². The summed E-state index contributed by atoms with van der Waals surface area (Å²) in [6, 6.07) is 45.9. The molecule has 4 atom stereocenters. The van der Waals surface area contributed by atoms with Gasteiger partial charge < -0.3 is 18.9 Å². The van der Waals surface area contributed by atoms with Crippen molar-refractivity contribution < 1.29 is 27.4 Å². The molecule has 0 bridgehead atoms. The highest BCUT2D eigenvalue weighted by Crippen LogP contribution is 2.42. The lowest BCUT2D eigenvalue weighted by molar-refractivity contribution is -0.0898. The van der Waals surface area contributed by atoms with Crippen molar-refractivity contribution in [2.45, 2.75) is 49.1 Å². The van der Waals surface area contributed by atoms with Crippen LogP contribution >= 0.6 is 0 Å². The number of rotatable bonds is 13. The van der Waals surface area contributed by atoms with E-state index in [2.05, 4.69) is 0 Å². The molecule has 48 heavy (non-hydrogen) atoms. The Bertz CT molecular complexity index is 2020. The maximum Gasteiger partial charge on any atom is 0.268 e. The minimum atomic E-state index is -3.90. The number of fused-ring (bicyclic) bond motifs is 1. The third kappa shape index (κ3) is 6.99. The van der Waals surface area contributed by atoms with Gasteiger partial charge in [0.05, 0.1) is 36.8 Å². The minimum absolute atomic E-state index is 0.206. The smallest absolute Gasteiger partial charge is 0.268 e. The van der Waals surface area contributed by atoms with Gasteiger partial charge in [0.2, 0.25) is 0 Å². The lowest BCUT2D eigenvalue weighted by Crippen LogP contribution is -2.37. The topological polar surface area (TPSA) is 76.0 Å². The minimum Gasteiger partial charge on any atom is -0.374 e. The van der Waals surface area contributed by atoms with Crippen molar-refractivity contribution in [3.05, 3.63) is 174 Å². The van der Waals surface area contributed by atoms with Crippen LogP contribution in [0.5, 0.6) is 0 Å². The van der Waals surface area contributed by atoms with Crippen LogP contribution in [-0.2, 0) is 48.8 Å². The van der Waals surface area contributed by atoms with Crippen LogP contribution in [0.1, 0.15) is 28.4 Å². The van der Waals surface area contributed by atoms with Crippen molar-refractivity contribution >= 4 is 20.9 Å². The molecule has 7 rings (SSSR count). The number of para-hydroxylation sites is 1. The molecule has 5 aromatic carbocycles. The Morgan fingerprint density at radius 3 is 1.69 bits per heavy atom. The van der Waals surface area contributed by atoms with Crippen LogP contribution in [0, 0.1) is 0 Å². The van der Waals surface area contributed by atoms with Gasteiger partial charge in [0, 0.05) is 17.1 Å². The fraction of sp³-hybridized carbons (Fsp3) is 0.200. The summed E-state index contributed by atoms with van der Waals surface area (Å²) in [5, 5.41) is 0.767. The molecule has 2 heterocycles. The molecule has 0 unspecified atom stereocenters. The first-order valence-corrected chi connectivity index (χ1v) is 17.5. The summed E-state index contributed by atoms with van der Waals surface area (Å²) in [7, 11) is -3.90. The SMILES string of the molecule is O=S(=O)(c1ccccc1)n1cc([C@H]2O[C@H](COCc3ccccc3)[C@@H](OCc3ccccc3)[C@H]2OCc2ccccc2)c2ccccc21. The molecule has 7 nitrogen and oxygen atoms in total. The molecule has 0 spiro atoms. The zero-order valence-corrected chi connectivity index (χ0v) is 27.2. The fourth-order valence-corrected chi connectivity index (χ4v) is 7.60. The van der Waals surface area contributed by atoms with E-state index in [1.54, 1.807) is 36.5 Å². The van der Waals surface area contributed by atoms with Gasteiger partial charge in [0.1, 0.15) is 24.4 Å². The van der Waals surface area contributed by atoms with Crippen molar-refractivity contribution in [2.24, 2.45) is 0 Å². The average molecular weight is 660 g/mol. The van der Waals surface area contributed by atoms with Gasteiger partial charge in [0.25, 0.3) is 10.0 Å². The van der Waals surface area contributed by atoms with Crippen LogP contribution in [0.3, 0.4) is 0 Å². The first kappa shape index (κ1) is 32.0. The number of benzene rings is 5. The Balaban J connectivity index is 1.27. The average Bonchev–Trinajstić information content (AvgIpc) is 3.70. The summed E-state index contributed by atoms with van der Waals surface area (Å²) in [4.78, 5) is 0.206. The molecule has 0 saturated carbocycles. The number of ether oxygens (including phenoxy) is 4. The van der Waals surface area contributed by atoms with E-state index in [1.165, 1.54) is 3.97 Å². The van der Waals surface area contributed by atoms with Crippen molar-refractivity contribution in [2.75, 3.05) is 6.61 Å². The van der Waals surface area contributed by atoms with Gasteiger partial charge in [-0.05, 0) is 34.9 Å². The number of hydrogen-bond donors (Lipinski definition) is 0. The molecule has 6 aromatic rings. The van der Waals surface area contributed by atoms with E-state index >= 15 is 0 Å². The van der Waals surface area contributed by atoms with E-state index in [-0.39, 0.29) is 11.5 Å². The first-order chi connectivity index (χ1) is 23.6. The summed E-state index contributed by atoms with van der Waals surface area (Å²) in [6.07, 6.45) is -0.536. The highest BCUT2D eigenvalue weighted by atomic mass is 32.2. The molecule has 244 valence electrons. The van der Waals surface area contributed by atoms with E-state index < -0.39 is 34.4 Å². The van der Waals surface area contributed by atoms with Gasteiger partial charge in [0.15, 0.2) is 0 Å². The Morgan fingerprint density at radius 2 is 1.08 bits per heavy atom. The zero-order valence-electron chi connectivity index (χ0n) is 26.4. The molecule has 0 radical (unpaired) electrons. The standard InChI is InChI=1S/C40H37NO6S/c42-48(43,33-21-11-4-12-22-33)41-25-35(34-23-13-14-24-36(34)41)38-40(46-28-32-19-9-3-10-20-32)39(45-27-31-17-7-2-8-18-31)37(47-38)29-44-26-30-15-5-1-6-16-30/h1-25,37-40H,26-29H2/t37-,38-,39-,40+/m1/s1. The summed E-state index contributed by atoms with van der Waals surface area (Å²) in [5.74, 6) is 0. The van der Waals surface area contributed by atoms with E-state index in [1.807, 2.05) is 115 Å². The Hall–Kier alpha value is -4.57. The van der Waals surface area contributed by atoms with Gasteiger partial charge >= 0.3 is 0 Å². The van der Waals surface area contributed by atoms with Crippen molar-refractivity contribution in [1.29, 1.82) is 0 Å². The van der Waals surface area contributed by atoms with Gasteiger partial charge in [-0.1, -0.05) is 127 Å². The van der Waals surface area contributed by atoms with E-state index in [0.29, 0.717) is 30.9 Å². The van der Waals surface area contributed by atoms with Gasteiger partial charge in [-0.3, -0.25) is 0 Å². The van der Waals surface area contributed by atoms with Crippen LogP contribution in [0.15, 0.2) is 157 Å². The zero-order chi connectivity index (χ0) is 32.8. The molecule has 1 aromatic heterocycles. The Kier molecular flexibility index (Phi) is 9.79. The molecule has 0 N–H and O–H groups in total. The lowest BCUT2D eigenvalue weighted by atomic mass is 10.00. The Labute approximate surface area is 281 Å². The predicted molar refractivity (Wildman–Crippen MR) is 185 cm³/mol. The summed E-state index contributed by atoms with van der Waals surface area (Å²) in [5.41, 5.74) is 4.36. The largest absolute Gasteiger partial charge is 0.374 e. The third-order valence-electron chi connectivity index (χ3n) is 8.59. The molecule has 0 amide bonds. The highest BCUT2D eigenvalue weighted by molar-refractivity contribution is 7.90. The monoisotopic (exact) mass is 659 g/mol. The van der Waals surface area contributed by atoms with E-state index in [4.69, 9.17) is 18.9 Å². The molecule has 0 aliphatic carbocycles. The molecule has 1 saturated heterocycles. The summed E-state index contributed by atoms with van der Waals surface area (Å²) in [6.45, 7) is 1.36. The maximum absolute atomic E-state index is 14.0. The van der Waals surface area contributed by atoms with Crippen molar-refractivity contribution in [3.63, 3.8) is 0 Å². The van der Waals surface area contributed by atoms with E-state index in [0.717, 1.165) is 22.1 Å².